The zero-order valence-electron chi connectivity index (χ0n) is 10.1. The lowest BCUT2D eigenvalue weighted by atomic mass is 9.77. The summed E-state index contributed by atoms with van der Waals surface area (Å²) in [5, 5.41) is 10.6. The minimum absolute atomic E-state index is 0.0970. The van der Waals surface area contributed by atoms with Crippen molar-refractivity contribution in [2.24, 2.45) is 0 Å². The summed E-state index contributed by atoms with van der Waals surface area (Å²) in [6, 6.07) is 5.63. The molecule has 4 heteroatoms. The highest BCUT2D eigenvalue weighted by molar-refractivity contribution is 5.47. The van der Waals surface area contributed by atoms with Crippen molar-refractivity contribution in [2.45, 2.75) is 43.6 Å². The molecule has 1 aromatic carbocycles. The molecule has 18 heavy (non-hydrogen) atoms. The van der Waals surface area contributed by atoms with Crippen LogP contribution < -0.4 is 4.74 Å². The predicted octanol–water partition coefficient (Wildman–Crippen LogP) is 3.02. The van der Waals surface area contributed by atoms with Crippen molar-refractivity contribution in [1.82, 2.24) is 0 Å². The predicted molar refractivity (Wildman–Crippen MR) is 63.0 cm³/mol. The Morgan fingerprint density at radius 3 is 2.56 bits per heavy atom. The molecule has 1 N–H and O–H groups in total. The zero-order chi connectivity index (χ0) is 12.8. The lowest BCUT2D eigenvalue weighted by Crippen LogP contribution is -2.36. The summed E-state index contributed by atoms with van der Waals surface area (Å²) in [5.41, 5.74) is 0.600. The lowest BCUT2D eigenvalue weighted by molar-refractivity contribution is -0.107. The van der Waals surface area contributed by atoms with Crippen LogP contribution in [0.2, 0.25) is 0 Å². The van der Waals surface area contributed by atoms with Crippen LogP contribution in [0.3, 0.4) is 0 Å². The van der Waals surface area contributed by atoms with Crippen molar-refractivity contribution in [3.63, 3.8) is 0 Å². The number of alkyl halides is 2. The molecule has 2 nitrogen and oxygen atoms in total. The summed E-state index contributed by atoms with van der Waals surface area (Å²) in [5.74, 6) is -1.92. The zero-order valence-corrected chi connectivity index (χ0v) is 10.1. The fourth-order valence-corrected chi connectivity index (χ4v) is 2.88. The average molecular weight is 254 g/mol. The van der Waals surface area contributed by atoms with Crippen LogP contribution in [0.5, 0.6) is 5.75 Å². The molecule has 1 saturated carbocycles. The van der Waals surface area contributed by atoms with Gasteiger partial charge in [-0.25, -0.2) is 8.78 Å². The summed E-state index contributed by atoms with van der Waals surface area (Å²) >= 11 is 0. The van der Waals surface area contributed by atoms with E-state index in [-0.39, 0.29) is 25.7 Å². The van der Waals surface area contributed by atoms with Gasteiger partial charge in [-0.15, -0.1) is 0 Å². The standard InChI is InChI=1S/C14H16F2O2/c15-14(16)7-5-13(17,6-8-14)11-3-1-2-10-4-9-18-12(10)11/h1-3,17H,4-9H2. The second-order valence-electron chi connectivity index (χ2n) is 5.28. The molecule has 0 saturated heterocycles. The largest absolute Gasteiger partial charge is 0.493 e. The summed E-state index contributed by atoms with van der Waals surface area (Å²) in [6.45, 7) is 0.610. The van der Waals surface area contributed by atoms with E-state index < -0.39 is 11.5 Å². The van der Waals surface area contributed by atoms with Crippen molar-refractivity contribution >= 4 is 0 Å². The van der Waals surface area contributed by atoms with Crippen LogP contribution in [0.1, 0.15) is 36.8 Å². The van der Waals surface area contributed by atoms with Crippen LogP contribution in [0, 0.1) is 0 Å². The Kier molecular flexibility index (Phi) is 2.59. The molecule has 0 amide bonds. The van der Waals surface area contributed by atoms with Gasteiger partial charge in [0.05, 0.1) is 12.2 Å². The van der Waals surface area contributed by atoms with E-state index in [2.05, 4.69) is 0 Å². The second kappa shape index (κ2) is 3.92. The van der Waals surface area contributed by atoms with Gasteiger partial charge in [0.15, 0.2) is 0 Å². The van der Waals surface area contributed by atoms with Gasteiger partial charge in [0, 0.05) is 24.8 Å². The maximum Gasteiger partial charge on any atom is 0.248 e. The highest BCUT2D eigenvalue weighted by Gasteiger charge is 2.44. The van der Waals surface area contributed by atoms with Crippen molar-refractivity contribution in [3.8, 4) is 5.75 Å². The number of hydrogen-bond acceptors (Lipinski definition) is 2. The number of hydrogen-bond donors (Lipinski definition) is 1. The molecule has 1 aliphatic carbocycles. The molecule has 0 radical (unpaired) electrons. The topological polar surface area (TPSA) is 29.5 Å². The van der Waals surface area contributed by atoms with Crippen LogP contribution in [0.15, 0.2) is 18.2 Å². The fourth-order valence-electron chi connectivity index (χ4n) is 2.88. The van der Waals surface area contributed by atoms with Gasteiger partial charge in [-0.2, -0.15) is 0 Å². The van der Waals surface area contributed by atoms with E-state index in [1.54, 1.807) is 6.07 Å². The fraction of sp³-hybridized carbons (Fsp3) is 0.571. The number of ether oxygens (including phenoxy) is 1. The van der Waals surface area contributed by atoms with Gasteiger partial charge in [-0.3, -0.25) is 0 Å². The molecular formula is C14H16F2O2. The molecule has 1 fully saturated rings. The second-order valence-corrected chi connectivity index (χ2v) is 5.28. The molecule has 3 rings (SSSR count). The Balaban J connectivity index is 1.93. The van der Waals surface area contributed by atoms with Crippen LogP contribution in [0.25, 0.3) is 0 Å². The number of para-hydroxylation sites is 1. The van der Waals surface area contributed by atoms with E-state index in [0.29, 0.717) is 17.9 Å². The van der Waals surface area contributed by atoms with Crippen LogP contribution in [-0.2, 0) is 12.0 Å². The van der Waals surface area contributed by atoms with E-state index in [9.17, 15) is 13.9 Å². The third kappa shape index (κ3) is 1.88. The molecule has 0 unspecified atom stereocenters. The molecule has 0 atom stereocenters. The lowest BCUT2D eigenvalue weighted by Gasteiger charge is -2.36. The Hall–Kier alpha value is -1.16. The maximum atomic E-state index is 13.2. The molecule has 0 bridgehead atoms. The normalized spacial score (nSPS) is 24.4. The Morgan fingerprint density at radius 2 is 1.83 bits per heavy atom. The molecule has 0 aromatic heterocycles. The van der Waals surface area contributed by atoms with Crippen molar-refractivity contribution in [2.75, 3.05) is 6.61 Å². The SMILES string of the molecule is OC1(c2cccc3c2OCC3)CCC(F)(F)CC1. The molecule has 1 aromatic rings. The van der Waals surface area contributed by atoms with Crippen LogP contribution >= 0.6 is 0 Å². The Bertz CT molecular complexity index is 461. The van der Waals surface area contributed by atoms with Crippen LogP contribution in [-0.4, -0.2) is 17.6 Å². The van der Waals surface area contributed by atoms with Crippen molar-refractivity contribution in [1.29, 1.82) is 0 Å². The third-order valence-corrected chi connectivity index (χ3v) is 4.02. The molecule has 0 spiro atoms. The number of rotatable bonds is 1. The quantitative estimate of drug-likeness (QED) is 0.834. The van der Waals surface area contributed by atoms with Gasteiger partial charge in [-0.05, 0) is 18.4 Å². The van der Waals surface area contributed by atoms with E-state index in [1.807, 2.05) is 12.1 Å². The number of fused-ring (bicyclic) bond motifs is 1. The number of halogens is 2. The van der Waals surface area contributed by atoms with Gasteiger partial charge in [0.25, 0.3) is 0 Å². The minimum Gasteiger partial charge on any atom is -0.493 e. The first-order chi connectivity index (χ1) is 8.50. The highest BCUT2D eigenvalue weighted by atomic mass is 19.3. The molecular weight excluding hydrogens is 238 g/mol. The number of aliphatic hydroxyl groups is 1. The first kappa shape index (κ1) is 11.9. The molecule has 1 aliphatic heterocycles. The van der Waals surface area contributed by atoms with Crippen molar-refractivity contribution in [3.05, 3.63) is 29.3 Å². The molecule has 1 heterocycles. The summed E-state index contributed by atoms with van der Waals surface area (Å²) in [4.78, 5) is 0. The monoisotopic (exact) mass is 254 g/mol. The summed E-state index contributed by atoms with van der Waals surface area (Å²) < 4.78 is 31.9. The summed E-state index contributed by atoms with van der Waals surface area (Å²) in [6.07, 6.45) is 0.509. The summed E-state index contributed by atoms with van der Waals surface area (Å²) in [7, 11) is 0. The van der Waals surface area contributed by atoms with Crippen molar-refractivity contribution < 1.29 is 18.6 Å². The minimum atomic E-state index is -2.63. The first-order valence-electron chi connectivity index (χ1n) is 6.36. The van der Waals surface area contributed by atoms with Gasteiger partial charge < -0.3 is 9.84 Å². The highest BCUT2D eigenvalue weighted by Crippen LogP contribution is 2.47. The van der Waals surface area contributed by atoms with E-state index >= 15 is 0 Å². The smallest absolute Gasteiger partial charge is 0.248 e. The maximum absolute atomic E-state index is 13.2. The van der Waals surface area contributed by atoms with E-state index in [0.717, 1.165) is 12.0 Å². The van der Waals surface area contributed by atoms with Gasteiger partial charge in [0.1, 0.15) is 5.75 Å². The van der Waals surface area contributed by atoms with Gasteiger partial charge in [-0.1, -0.05) is 18.2 Å². The van der Waals surface area contributed by atoms with Gasteiger partial charge >= 0.3 is 0 Å². The first-order valence-corrected chi connectivity index (χ1v) is 6.36. The number of benzene rings is 1. The Morgan fingerprint density at radius 1 is 1.11 bits per heavy atom. The van der Waals surface area contributed by atoms with Crippen LogP contribution in [0.4, 0.5) is 8.78 Å². The third-order valence-electron chi connectivity index (χ3n) is 4.02. The van der Waals surface area contributed by atoms with E-state index in [4.69, 9.17) is 4.74 Å². The van der Waals surface area contributed by atoms with Gasteiger partial charge in [0.2, 0.25) is 5.92 Å². The Labute approximate surface area is 105 Å². The average Bonchev–Trinajstić information content (AvgIpc) is 2.81. The molecule has 98 valence electrons. The van der Waals surface area contributed by atoms with E-state index in [1.165, 1.54) is 0 Å². The molecule has 2 aliphatic rings.